The number of nitrogens with one attached hydrogen (secondary N) is 1. The Morgan fingerprint density at radius 3 is 2.85 bits per heavy atom. The third-order valence-electron chi connectivity index (χ3n) is 3.27. The van der Waals surface area contributed by atoms with Gasteiger partial charge in [-0.15, -0.1) is 11.3 Å². The molecule has 0 aliphatic rings. The van der Waals surface area contributed by atoms with Gasteiger partial charge in [-0.2, -0.15) is 0 Å². The summed E-state index contributed by atoms with van der Waals surface area (Å²) in [6.45, 7) is 4.06. The number of hydrogen-bond acceptors (Lipinski definition) is 3. The van der Waals surface area contributed by atoms with Crippen molar-refractivity contribution in [2.45, 2.75) is 26.2 Å². The summed E-state index contributed by atoms with van der Waals surface area (Å²) in [4.78, 5) is 4.35. The summed E-state index contributed by atoms with van der Waals surface area (Å²) >= 11 is 1.67. The first-order valence-corrected chi connectivity index (χ1v) is 8.00. The summed E-state index contributed by atoms with van der Waals surface area (Å²) in [5.74, 6) is 0.275. The van der Waals surface area contributed by atoms with Crippen LogP contribution in [0.4, 0.5) is 4.39 Å². The molecule has 1 N–H and O–H groups in total. The Morgan fingerprint density at radius 2 is 2.15 bits per heavy atom. The van der Waals surface area contributed by atoms with Crippen LogP contribution in [0, 0.1) is 11.7 Å². The lowest BCUT2D eigenvalue weighted by Crippen LogP contribution is -2.26. The van der Waals surface area contributed by atoms with E-state index in [0.717, 1.165) is 42.9 Å². The average molecular weight is 292 g/mol. The molecule has 0 amide bonds. The minimum absolute atomic E-state index is 0.105. The fraction of sp³-hybridized carbons (Fsp3) is 0.438. The van der Waals surface area contributed by atoms with Crippen molar-refractivity contribution in [1.29, 1.82) is 0 Å². The Balaban J connectivity index is 1.99. The molecule has 1 atom stereocenters. The Morgan fingerprint density at radius 1 is 1.30 bits per heavy atom. The van der Waals surface area contributed by atoms with Gasteiger partial charge in [-0.25, -0.2) is 9.37 Å². The third-order valence-corrected chi connectivity index (χ3v) is 4.07. The molecule has 0 bridgehead atoms. The number of hydrogen-bond donors (Lipinski definition) is 1. The Hall–Kier alpha value is -1.26. The zero-order chi connectivity index (χ0) is 14.2. The normalized spacial score (nSPS) is 12.5. The van der Waals surface area contributed by atoms with Gasteiger partial charge in [0.2, 0.25) is 0 Å². The zero-order valence-electron chi connectivity index (χ0n) is 11.8. The molecule has 1 aromatic heterocycles. The highest BCUT2D eigenvalue weighted by Crippen LogP contribution is 2.18. The first-order chi connectivity index (χ1) is 9.79. The van der Waals surface area contributed by atoms with Crippen LogP contribution >= 0.6 is 11.3 Å². The molecule has 0 aliphatic heterocycles. The molecule has 1 unspecified atom stereocenters. The lowest BCUT2D eigenvalue weighted by Gasteiger charge is -2.17. The predicted molar refractivity (Wildman–Crippen MR) is 82.6 cm³/mol. The molecule has 0 aliphatic carbocycles. The van der Waals surface area contributed by atoms with Crippen molar-refractivity contribution in [3.05, 3.63) is 52.2 Å². The molecule has 2 aromatic rings. The standard InChI is InChI=1S/C16H21FN2S/c1-2-7-18-12-13(11-16-19-8-9-20-16)10-14-5-3-4-6-15(14)17/h3-6,8-9,13,18H,2,7,10-12H2,1H3. The maximum absolute atomic E-state index is 13.8. The molecule has 0 saturated heterocycles. The van der Waals surface area contributed by atoms with E-state index < -0.39 is 0 Å². The highest BCUT2D eigenvalue weighted by Gasteiger charge is 2.14. The highest BCUT2D eigenvalue weighted by atomic mass is 32.1. The van der Waals surface area contributed by atoms with Crippen LogP contribution in [0.25, 0.3) is 0 Å². The van der Waals surface area contributed by atoms with E-state index in [4.69, 9.17) is 0 Å². The maximum atomic E-state index is 13.8. The summed E-state index contributed by atoms with van der Waals surface area (Å²) in [7, 11) is 0. The fourth-order valence-electron chi connectivity index (χ4n) is 2.28. The summed E-state index contributed by atoms with van der Waals surface area (Å²) in [5.41, 5.74) is 0.798. The van der Waals surface area contributed by atoms with Crippen LogP contribution in [-0.2, 0) is 12.8 Å². The van der Waals surface area contributed by atoms with Crippen LogP contribution < -0.4 is 5.32 Å². The Labute approximate surface area is 124 Å². The second-order valence-electron chi connectivity index (χ2n) is 5.00. The van der Waals surface area contributed by atoms with Gasteiger partial charge in [-0.3, -0.25) is 0 Å². The van der Waals surface area contributed by atoms with E-state index in [0.29, 0.717) is 5.92 Å². The van der Waals surface area contributed by atoms with Crippen LogP contribution in [0.15, 0.2) is 35.8 Å². The predicted octanol–water partition coefficient (Wildman–Crippen LogP) is 3.68. The summed E-state index contributed by atoms with van der Waals surface area (Å²) < 4.78 is 13.8. The minimum atomic E-state index is -0.105. The van der Waals surface area contributed by atoms with Gasteiger partial charge in [0.25, 0.3) is 0 Å². The van der Waals surface area contributed by atoms with E-state index in [2.05, 4.69) is 17.2 Å². The third kappa shape index (κ3) is 4.69. The van der Waals surface area contributed by atoms with E-state index in [1.54, 1.807) is 17.4 Å². The average Bonchev–Trinajstić information content (AvgIpc) is 2.94. The van der Waals surface area contributed by atoms with Crippen molar-refractivity contribution in [1.82, 2.24) is 10.3 Å². The van der Waals surface area contributed by atoms with Crippen molar-refractivity contribution in [3.63, 3.8) is 0 Å². The van der Waals surface area contributed by atoms with Crippen molar-refractivity contribution in [2.24, 2.45) is 5.92 Å². The molecule has 2 rings (SSSR count). The van der Waals surface area contributed by atoms with E-state index in [9.17, 15) is 4.39 Å². The van der Waals surface area contributed by atoms with Crippen LogP contribution in [0.5, 0.6) is 0 Å². The lowest BCUT2D eigenvalue weighted by molar-refractivity contribution is 0.460. The lowest BCUT2D eigenvalue weighted by atomic mass is 9.96. The van der Waals surface area contributed by atoms with Gasteiger partial charge in [0.05, 0.1) is 5.01 Å². The number of thiazole rings is 1. The minimum Gasteiger partial charge on any atom is -0.316 e. The summed E-state index contributed by atoms with van der Waals surface area (Å²) in [6, 6.07) is 7.06. The zero-order valence-corrected chi connectivity index (χ0v) is 12.6. The molecule has 0 fully saturated rings. The number of rotatable bonds is 8. The van der Waals surface area contributed by atoms with Gasteiger partial charge in [0, 0.05) is 18.0 Å². The molecule has 0 radical (unpaired) electrons. The Bertz CT molecular complexity index is 499. The molecule has 1 aromatic carbocycles. The molecule has 4 heteroatoms. The number of halogens is 1. The SMILES string of the molecule is CCCNCC(Cc1nccs1)Cc1ccccc1F. The molecule has 108 valence electrons. The monoisotopic (exact) mass is 292 g/mol. The number of aromatic nitrogens is 1. The van der Waals surface area contributed by atoms with Gasteiger partial charge in [0.15, 0.2) is 0 Å². The first-order valence-electron chi connectivity index (χ1n) is 7.12. The van der Waals surface area contributed by atoms with E-state index in [-0.39, 0.29) is 5.82 Å². The quantitative estimate of drug-likeness (QED) is 0.751. The maximum Gasteiger partial charge on any atom is 0.126 e. The van der Waals surface area contributed by atoms with Gasteiger partial charge >= 0.3 is 0 Å². The number of benzene rings is 1. The molecule has 0 saturated carbocycles. The van der Waals surface area contributed by atoms with E-state index in [1.165, 1.54) is 6.07 Å². The van der Waals surface area contributed by atoms with Crippen LogP contribution in [0.2, 0.25) is 0 Å². The smallest absolute Gasteiger partial charge is 0.126 e. The molecule has 20 heavy (non-hydrogen) atoms. The van der Waals surface area contributed by atoms with Gasteiger partial charge in [-0.1, -0.05) is 25.1 Å². The topological polar surface area (TPSA) is 24.9 Å². The van der Waals surface area contributed by atoms with Gasteiger partial charge < -0.3 is 5.32 Å². The van der Waals surface area contributed by atoms with Gasteiger partial charge in [-0.05, 0) is 43.5 Å². The van der Waals surface area contributed by atoms with Crippen LogP contribution in [-0.4, -0.2) is 18.1 Å². The second kappa shape index (κ2) is 8.12. The number of nitrogens with zero attached hydrogens (tertiary/aromatic N) is 1. The largest absolute Gasteiger partial charge is 0.316 e. The summed E-state index contributed by atoms with van der Waals surface area (Å²) in [6.07, 6.45) is 4.61. The molecular weight excluding hydrogens is 271 g/mol. The van der Waals surface area contributed by atoms with Gasteiger partial charge in [0.1, 0.15) is 5.82 Å². The molecular formula is C16H21FN2S. The Kier molecular flexibility index (Phi) is 6.15. The van der Waals surface area contributed by atoms with Crippen LogP contribution in [0.3, 0.4) is 0 Å². The molecule has 1 heterocycles. The van der Waals surface area contributed by atoms with Crippen molar-refractivity contribution in [2.75, 3.05) is 13.1 Å². The molecule has 2 nitrogen and oxygen atoms in total. The van der Waals surface area contributed by atoms with E-state index in [1.807, 2.05) is 23.7 Å². The van der Waals surface area contributed by atoms with Crippen molar-refractivity contribution < 1.29 is 4.39 Å². The van der Waals surface area contributed by atoms with Crippen molar-refractivity contribution >= 4 is 11.3 Å². The van der Waals surface area contributed by atoms with E-state index >= 15 is 0 Å². The van der Waals surface area contributed by atoms with Crippen molar-refractivity contribution in [3.8, 4) is 0 Å². The first kappa shape index (κ1) is 15.1. The van der Waals surface area contributed by atoms with Crippen LogP contribution in [0.1, 0.15) is 23.9 Å². The highest BCUT2D eigenvalue weighted by molar-refractivity contribution is 7.09. The second-order valence-corrected chi connectivity index (χ2v) is 5.97. The fourth-order valence-corrected chi connectivity index (χ4v) is 3.01. The molecule has 0 spiro atoms. The summed E-state index contributed by atoms with van der Waals surface area (Å²) in [5, 5.41) is 6.57.